The molecular formula is C15H15N3O4. The van der Waals surface area contributed by atoms with Gasteiger partial charge in [0.25, 0.3) is 11.6 Å². The average Bonchev–Trinajstić information content (AvgIpc) is 2.90. The lowest BCUT2D eigenvalue weighted by Gasteiger charge is -2.04. The van der Waals surface area contributed by atoms with Gasteiger partial charge in [0.1, 0.15) is 5.76 Å². The van der Waals surface area contributed by atoms with Crippen molar-refractivity contribution in [1.82, 2.24) is 5.43 Å². The van der Waals surface area contributed by atoms with Crippen molar-refractivity contribution in [2.24, 2.45) is 5.10 Å². The first kappa shape index (κ1) is 15.4. The van der Waals surface area contributed by atoms with Gasteiger partial charge in [-0.2, -0.15) is 5.10 Å². The lowest BCUT2D eigenvalue weighted by Crippen LogP contribution is -2.19. The summed E-state index contributed by atoms with van der Waals surface area (Å²) in [7, 11) is 0. The van der Waals surface area contributed by atoms with E-state index >= 15 is 0 Å². The van der Waals surface area contributed by atoms with Crippen LogP contribution in [0.5, 0.6) is 0 Å². The minimum Gasteiger partial charge on any atom is -0.469 e. The van der Waals surface area contributed by atoms with Crippen molar-refractivity contribution in [3.05, 3.63) is 63.1 Å². The molecule has 114 valence electrons. The van der Waals surface area contributed by atoms with Crippen molar-refractivity contribution in [2.45, 2.75) is 20.8 Å². The maximum atomic E-state index is 11.9. The Morgan fingerprint density at radius 1 is 1.32 bits per heavy atom. The highest BCUT2D eigenvalue weighted by Crippen LogP contribution is 2.19. The van der Waals surface area contributed by atoms with E-state index in [-0.39, 0.29) is 5.69 Å². The van der Waals surface area contributed by atoms with Crippen LogP contribution >= 0.6 is 0 Å². The van der Waals surface area contributed by atoms with E-state index in [1.165, 1.54) is 12.3 Å². The van der Waals surface area contributed by atoms with Crippen LogP contribution in [0.4, 0.5) is 5.69 Å². The number of carbonyl (C=O) groups excluding carboxylic acids is 1. The smallest absolute Gasteiger partial charge is 0.274 e. The van der Waals surface area contributed by atoms with E-state index in [1.807, 2.05) is 0 Å². The molecule has 2 rings (SSSR count). The summed E-state index contributed by atoms with van der Waals surface area (Å²) in [6.07, 6.45) is 1.42. The molecule has 0 aliphatic heterocycles. The number of nitro benzene ring substituents is 1. The van der Waals surface area contributed by atoms with Gasteiger partial charge in [0.2, 0.25) is 0 Å². The highest BCUT2D eigenvalue weighted by Gasteiger charge is 2.13. The summed E-state index contributed by atoms with van der Waals surface area (Å²) in [5.41, 5.74) is 4.43. The molecule has 0 aliphatic rings. The molecule has 0 bridgehead atoms. The summed E-state index contributed by atoms with van der Waals surface area (Å²) >= 11 is 0. The molecule has 0 fully saturated rings. The number of hydrogen-bond acceptors (Lipinski definition) is 5. The van der Waals surface area contributed by atoms with Crippen molar-refractivity contribution in [2.75, 3.05) is 0 Å². The maximum Gasteiger partial charge on any atom is 0.274 e. The number of nitrogens with zero attached hydrogens (tertiary/aromatic N) is 2. The van der Waals surface area contributed by atoms with Crippen molar-refractivity contribution in [1.29, 1.82) is 0 Å². The van der Waals surface area contributed by atoms with Crippen LogP contribution in [0.2, 0.25) is 0 Å². The lowest BCUT2D eigenvalue weighted by molar-refractivity contribution is -0.385. The zero-order valence-corrected chi connectivity index (χ0v) is 12.4. The van der Waals surface area contributed by atoms with Gasteiger partial charge < -0.3 is 4.42 Å². The van der Waals surface area contributed by atoms with Gasteiger partial charge in [-0.15, -0.1) is 0 Å². The molecule has 7 heteroatoms. The first-order chi connectivity index (χ1) is 10.4. The molecule has 1 heterocycles. The van der Waals surface area contributed by atoms with E-state index in [1.54, 1.807) is 39.0 Å². The molecule has 0 saturated carbocycles. The quantitative estimate of drug-likeness (QED) is 0.533. The molecular weight excluding hydrogens is 286 g/mol. The fraction of sp³-hybridized carbons (Fsp3) is 0.200. The summed E-state index contributed by atoms with van der Waals surface area (Å²) in [5, 5.41) is 14.9. The Morgan fingerprint density at radius 2 is 2.05 bits per heavy atom. The number of furan rings is 1. The van der Waals surface area contributed by atoms with Gasteiger partial charge in [0.15, 0.2) is 0 Å². The summed E-state index contributed by atoms with van der Waals surface area (Å²) in [6.45, 7) is 5.00. The van der Waals surface area contributed by atoms with Gasteiger partial charge in [0, 0.05) is 17.2 Å². The number of nitrogens with one attached hydrogen (secondary N) is 1. The minimum atomic E-state index is -0.445. The standard InChI is InChI=1S/C15H15N3O4/c1-9-4-5-12(8-14(9)18(20)21)10(2)16-17-15(19)13-6-7-22-11(13)3/h4-8H,1-3H3,(H,17,19)/b16-10-. The third-order valence-electron chi connectivity index (χ3n) is 3.25. The maximum absolute atomic E-state index is 11.9. The Kier molecular flexibility index (Phi) is 4.36. The van der Waals surface area contributed by atoms with Gasteiger partial charge >= 0.3 is 0 Å². The van der Waals surface area contributed by atoms with Crippen molar-refractivity contribution >= 4 is 17.3 Å². The van der Waals surface area contributed by atoms with E-state index in [0.29, 0.717) is 28.2 Å². The van der Waals surface area contributed by atoms with Crippen molar-refractivity contribution in [3.8, 4) is 0 Å². The predicted molar refractivity (Wildman–Crippen MR) is 81.0 cm³/mol. The Balaban J connectivity index is 2.19. The monoisotopic (exact) mass is 301 g/mol. The summed E-state index contributed by atoms with van der Waals surface area (Å²) in [5.74, 6) is 0.100. The molecule has 1 N–H and O–H groups in total. The van der Waals surface area contributed by atoms with Crippen LogP contribution in [-0.2, 0) is 0 Å². The number of amides is 1. The van der Waals surface area contributed by atoms with Crippen LogP contribution in [0.25, 0.3) is 0 Å². The third kappa shape index (κ3) is 3.20. The van der Waals surface area contributed by atoms with Crippen molar-refractivity contribution in [3.63, 3.8) is 0 Å². The molecule has 0 unspecified atom stereocenters. The number of hydrazone groups is 1. The van der Waals surface area contributed by atoms with Gasteiger partial charge in [-0.3, -0.25) is 14.9 Å². The number of rotatable bonds is 4. The van der Waals surface area contributed by atoms with Crippen molar-refractivity contribution < 1.29 is 14.1 Å². The lowest BCUT2D eigenvalue weighted by atomic mass is 10.1. The molecule has 1 amide bonds. The SMILES string of the molecule is C/C(=N/NC(=O)c1ccoc1C)c1ccc(C)c([N+](=O)[O-])c1. The third-order valence-corrected chi connectivity index (χ3v) is 3.25. The number of aryl methyl sites for hydroxylation is 2. The number of hydrogen-bond donors (Lipinski definition) is 1. The molecule has 1 aromatic carbocycles. The highest BCUT2D eigenvalue weighted by atomic mass is 16.6. The number of benzene rings is 1. The fourth-order valence-electron chi connectivity index (χ4n) is 1.91. The first-order valence-electron chi connectivity index (χ1n) is 6.54. The second-order valence-corrected chi connectivity index (χ2v) is 4.79. The summed E-state index contributed by atoms with van der Waals surface area (Å²) in [6, 6.07) is 6.35. The molecule has 0 aliphatic carbocycles. The number of carbonyl (C=O) groups is 1. The van der Waals surface area contributed by atoms with E-state index < -0.39 is 10.8 Å². The molecule has 0 saturated heterocycles. The molecule has 0 radical (unpaired) electrons. The zero-order valence-electron chi connectivity index (χ0n) is 12.4. The summed E-state index contributed by atoms with van der Waals surface area (Å²) < 4.78 is 5.05. The summed E-state index contributed by atoms with van der Waals surface area (Å²) in [4.78, 5) is 22.4. The van der Waals surface area contributed by atoms with Crippen LogP contribution in [0.3, 0.4) is 0 Å². The van der Waals surface area contributed by atoms with E-state index in [2.05, 4.69) is 10.5 Å². The number of nitro groups is 1. The van der Waals surface area contributed by atoms with Crippen LogP contribution < -0.4 is 5.43 Å². The first-order valence-corrected chi connectivity index (χ1v) is 6.54. The van der Waals surface area contributed by atoms with Crippen LogP contribution in [0, 0.1) is 24.0 Å². The van der Waals surface area contributed by atoms with E-state index in [4.69, 9.17) is 4.42 Å². The van der Waals surface area contributed by atoms with Gasteiger partial charge in [-0.1, -0.05) is 12.1 Å². The van der Waals surface area contributed by atoms with Gasteiger partial charge in [-0.05, 0) is 26.8 Å². The molecule has 0 spiro atoms. The van der Waals surface area contributed by atoms with E-state index in [0.717, 1.165) is 0 Å². The van der Waals surface area contributed by atoms with E-state index in [9.17, 15) is 14.9 Å². The topological polar surface area (TPSA) is 97.7 Å². The minimum absolute atomic E-state index is 0.0176. The zero-order chi connectivity index (χ0) is 16.3. The van der Waals surface area contributed by atoms with Crippen LogP contribution in [0.15, 0.2) is 40.0 Å². The van der Waals surface area contributed by atoms with Gasteiger partial charge in [-0.25, -0.2) is 5.43 Å². The van der Waals surface area contributed by atoms with Gasteiger partial charge in [0.05, 0.1) is 22.5 Å². The fourth-order valence-corrected chi connectivity index (χ4v) is 1.91. The van der Waals surface area contributed by atoms with Crippen LogP contribution in [-0.4, -0.2) is 16.5 Å². The normalized spacial score (nSPS) is 11.3. The Morgan fingerprint density at radius 3 is 2.64 bits per heavy atom. The largest absolute Gasteiger partial charge is 0.469 e. The molecule has 1 aromatic heterocycles. The Bertz CT molecular complexity index is 762. The molecule has 22 heavy (non-hydrogen) atoms. The molecule has 0 atom stereocenters. The predicted octanol–water partition coefficient (Wildman–Crippen LogP) is 2.96. The highest BCUT2D eigenvalue weighted by molar-refractivity contribution is 6.01. The Hall–Kier alpha value is -2.96. The van der Waals surface area contributed by atoms with Crippen LogP contribution in [0.1, 0.15) is 34.2 Å². The molecule has 7 nitrogen and oxygen atoms in total. The Labute approximate surface area is 126 Å². The second-order valence-electron chi connectivity index (χ2n) is 4.79. The average molecular weight is 301 g/mol. The molecule has 2 aromatic rings. The second kappa shape index (κ2) is 6.21.